The van der Waals surface area contributed by atoms with Crippen molar-refractivity contribution in [1.82, 2.24) is 10.2 Å². The lowest BCUT2D eigenvalue weighted by molar-refractivity contribution is -0.139. The van der Waals surface area contributed by atoms with E-state index in [1.165, 1.54) is 0 Å². The van der Waals surface area contributed by atoms with Crippen molar-refractivity contribution < 1.29 is 14.3 Å². The second-order valence-electron chi connectivity index (χ2n) is 7.97. The van der Waals surface area contributed by atoms with Gasteiger partial charge in [-0.15, -0.1) is 0 Å². The van der Waals surface area contributed by atoms with Gasteiger partial charge in [-0.2, -0.15) is 0 Å². The summed E-state index contributed by atoms with van der Waals surface area (Å²) in [5.74, 6) is 0.0758. The van der Waals surface area contributed by atoms with Gasteiger partial charge in [-0.3, -0.25) is 9.59 Å². The lowest BCUT2D eigenvalue weighted by Gasteiger charge is -2.39. The number of rotatable bonds is 6. The maximum atomic E-state index is 13.0. The molecule has 2 saturated heterocycles. The summed E-state index contributed by atoms with van der Waals surface area (Å²) in [4.78, 5) is 27.0. The molecular weight excluding hydrogens is 364 g/mol. The van der Waals surface area contributed by atoms with E-state index in [1.54, 1.807) is 4.90 Å². The number of benzene rings is 1. The summed E-state index contributed by atoms with van der Waals surface area (Å²) in [6, 6.07) is 7.44. The van der Waals surface area contributed by atoms with E-state index in [2.05, 4.69) is 5.32 Å². The third kappa shape index (κ3) is 4.30. The molecule has 0 spiro atoms. The highest BCUT2D eigenvalue weighted by Crippen LogP contribution is 2.38. The van der Waals surface area contributed by atoms with Gasteiger partial charge in [-0.05, 0) is 36.8 Å². The van der Waals surface area contributed by atoms with Crippen LogP contribution in [0.1, 0.15) is 45.1 Å². The quantitative estimate of drug-likeness (QED) is 0.809. The largest absolute Gasteiger partial charge is 0.381 e. The maximum absolute atomic E-state index is 13.0. The first kappa shape index (κ1) is 20.2. The van der Waals surface area contributed by atoms with Gasteiger partial charge in [0.2, 0.25) is 11.8 Å². The van der Waals surface area contributed by atoms with Gasteiger partial charge in [0.25, 0.3) is 0 Å². The van der Waals surface area contributed by atoms with Crippen LogP contribution in [0.15, 0.2) is 24.3 Å². The van der Waals surface area contributed by atoms with E-state index < -0.39 is 6.04 Å². The Labute approximate surface area is 166 Å². The first-order valence-electron chi connectivity index (χ1n) is 9.84. The number of halogens is 1. The number of ether oxygens (including phenoxy) is 1. The zero-order chi connectivity index (χ0) is 19.4. The van der Waals surface area contributed by atoms with E-state index in [9.17, 15) is 9.59 Å². The highest BCUT2D eigenvalue weighted by Gasteiger charge is 2.39. The van der Waals surface area contributed by atoms with Crippen molar-refractivity contribution in [3.05, 3.63) is 34.9 Å². The summed E-state index contributed by atoms with van der Waals surface area (Å²) in [5, 5.41) is 3.88. The molecule has 2 heterocycles. The van der Waals surface area contributed by atoms with E-state index in [-0.39, 0.29) is 23.1 Å². The fraction of sp³-hybridized carbons (Fsp3) is 0.619. The second kappa shape index (κ2) is 8.61. The van der Waals surface area contributed by atoms with Crippen molar-refractivity contribution in [3.63, 3.8) is 0 Å². The van der Waals surface area contributed by atoms with Crippen LogP contribution in [0.3, 0.4) is 0 Å². The van der Waals surface area contributed by atoms with Gasteiger partial charge in [0.05, 0.1) is 0 Å². The Hall–Kier alpha value is -1.59. The van der Waals surface area contributed by atoms with Crippen LogP contribution < -0.4 is 5.32 Å². The molecule has 0 aromatic heterocycles. The van der Waals surface area contributed by atoms with Crippen molar-refractivity contribution in [3.8, 4) is 0 Å². The van der Waals surface area contributed by atoms with Gasteiger partial charge in [0.15, 0.2) is 0 Å². The minimum atomic E-state index is -0.414. The van der Waals surface area contributed by atoms with E-state index in [1.807, 2.05) is 38.1 Å². The fourth-order valence-corrected chi connectivity index (χ4v) is 4.66. The van der Waals surface area contributed by atoms with E-state index >= 15 is 0 Å². The maximum Gasteiger partial charge on any atom is 0.243 e. The van der Waals surface area contributed by atoms with Gasteiger partial charge in [-0.1, -0.05) is 43.6 Å². The summed E-state index contributed by atoms with van der Waals surface area (Å²) in [6.45, 7) is 6.46. The highest BCUT2D eigenvalue weighted by atomic mass is 35.5. The zero-order valence-corrected chi connectivity index (χ0v) is 16.9. The Balaban J connectivity index is 1.77. The molecule has 2 aliphatic rings. The molecule has 1 atom stereocenters. The molecule has 3 rings (SSSR count). The molecular formula is C21H29ClN2O3. The molecule has 1 aromatic carbocycles. The van der Waals surface area contributed by atoms with Crippen molar-refractivity contribution in [2.24, 2.45) is 5.92 Å². The molecule has 0 aliphatic carbocycles. The minimum absolute atomic E-state index is 0.0676. The smallest absolute Gasteiger partial charge is 0.243 e. The topological polar surface area (TPSA) is 58.6 Å². The molecule has 1 N–H and O–H groups in total. The molecule has 0 saturated carbocycles. The van der Waals surface area contributed by atoms with Crippen LogP contribution in [-0.4, -0.2) is 49.1 Å². The Kier molecular flexibility index (Phi) is 6.43. The molecule has 2 fully saturated rings. The zero-order valence-electron chi connectivity index (χ0n) is 16.2. The molecule has 148 valence electrons. The van der Waals surface area contributed by atoms with Crippen LogP contribution >= 0.6 is 11.6 Å². The Morgan fingerprint density at radius 3 is 2.59 bits per heavy atom. The molecule has 0 bridgehead atoms. The van der Waals surface area contributed by atoms with Crippen molar-refractivity contribution in [1.29, 1.82) is 0 Å². The Morgan fingerprint density at radius 1 is 1.30 bits per heavy atom. The van der Waals surface area contributed by atoms with Gasteiger partial charge < -0.3 is 15.0 Å². The number of nitrogens with one attached hydrogen (secondary N) is 1. The summed E-state index contributed by atoms with van der Waals surface area (Å²) in [5.41, 5.74) is 0.830. The Bertz CT molecular complexity index is 686. The number of carbonyl (C=O) groups is 2. The van der Waals surface area contributed by atoms with Gasteiger partial charge in [-0.25, -0.2) is 0 Å². The highest BCUT2D eigenvalue weighted by molar-refractivity contribution is 6.31. The monoisotopic (exact) mass is 392 g/mol. The molecule has 1 aromatic rings. The normalized spacial score (nSPS) is 20.7. The summed E-state index contributed by atoms with van der Waals surface area (Å²) < 4.78 is 5.57. The molecule has 5 nitrogen and oxygen atoms in total. The third-order valence-electron chi connectivity index (χ3n) is 5.84. The van der Waals surface area contributed by atoms with Crippen LogP contribution in [0.25, 0.3) is 0 Å². The predicted molar refractivity (Wildman–Crippen MR) is 106 cm³/mol. The summed E-state index contributed by atoms with van der Waals surface area (Å²) in [6.07, 6.45) is 2.99. The van der Waals surface area contributed by atoms with Crippen LogP contribution in [0.4, 0.5) is 0 Å². The molecule has 27 heavy (non-hydrogen) atoms. The average molecular weight is 393 g/mol. The van der Waals surface area contributed by atoms with Crippen LogP contribution in [-0.2, 0) is 19.7 Å². The predicted octanol–water partition coefficient (Wildman–Crippen LogP) is 3.15. The number of hydrogen-bond donors (Lipinski definition) is 1. The standard InChI is InChI=1S/C21H29ClN2O3/c1-15(2)19(24-11-5-8-18(24)25)20(26)23-14-21(9-12-27-13-10-21)16-6-3-4-7-17(16)22/h3-4,6-7,15,19H,5,8-14H2,1-2H3,(H,23,26). The molecule has 1 unspecified atom stereocenters. The van der Waals surface area contributed by atoms with E-state index in [4.69, 9.17) is 16.3 Å². The van der Waals surface area contributed by atoms with Gasteiger partial charge in [0, 0.05) is 43.2 Å². The Morgan fingerprint density at radius 2 is 2.00 bits per heavy atom. The first-order valence-corrected chi connectivity index (χ1v) is 10.2. The summed E-state index contributed by atoms with van der Waals surface area (Å²) >= 11 is 6.49. The molecule has 2 amide bonds. The van der Waals surface area contributed by atoms with E-state index in [0.717, 1.165) is 29.8 Å². The van der Waals surface area contributed by atoms with Gasteiger partial charge >= 0.3 is 0 Å². The molecule has 2 aliphatic heterocycles. The lowest BCUT2D eigenvalue weighted by Crippen LogP contribution is -2.53. The molecule has 0 radical (unpaired) electrons. The minimum Gasteiger partial charge on any atom is -0.381 e. The third-order valence-corrected chi connectivity index (χ3v) is 6.17. The molecule has 6 heteroatoms. The number of hydrogen-bond acceptors (Lipinski definition) is 3. The average Bonchev–Trinajstić information content (AvgIpc) is 3.06. The van der Waals surface area contributed by atoms with Crippen LogP contribution in [0, 0.1) is 5.92 Å². The first-order chi connectivity index (χ1) is 12.9. The second-order valence-corrected chi connectivity index (χ2v) is 8.38. The SMILES string of the molecule is CC(C)C(C(=O)NCC1(c2ccccc2Cl)CCOCC1)N1CCCC1=O. The number of carbonyl (C=O) groups excluding carboxylic acids is 2. The van der Waals surface area contributed by atoms with Crippen molar-refractivity contribution in [2.75, 3.05) is 26.3 Å². The van der Waals surface area contributed by atoms with Crippen molar-refractivity contribution in [2.45, 2.75) is 51.0 Å². The number of likely N-dealkylation sites (tertiary alicyclic amines) is 1. The number of amides is 2. The van der Waals surface area contributed by atoms with Gasteiger partial charge in [0.1, 0.15) is 6.04 Å². The van der Waals surface area contributed by atoms with Crippen molar-refractivity contribution >= 4 is 23.4 Å². The number of nitrogens with zero attached hydrogens (tertiary/aromatic N) is 1. The fourth-order valence-electron chi connectivity index (χ4n) is 4.32. The van der Waals surface area contributed by atoms with Crippen LogP contribution in [0.2, 0.25) is 5.02 Å². The summed E-state index contributed by atoms with van der Waals surface area (Å²) in [7, 11) is 0. The lowest BCUT2D eigenvalue weighted by atomic mass is 9.74. The van der Waals surface area contributed by atoms with E-state index in [0.29, 0.717) is 32.7 Å². The van der Waals surface area contributed by atoms with Crippen LogP contribution in [0.5, 0.6) is 0 Å².